The van der Waals surface area contributed by atoms with Gasteiger partial charge in [0.15, 0.2) is 11.4 Å². The van der Waals surface area contributed by atoms with Gasteiger partial charge < -0.3 is 14.6 Å². The number of nitrogens with zero attached hydrogens (tertiary/aromatic N) is 2. The first-order valence-electron chi connectivity index (χ1n) is 7.05. The number of non-ortho nitro benzene ring substituents is 1. The molecule has 0 saturated heterocycles. The average Bonchev–Trinajstić information content (AvgIpc) is 2.65. The maximum absolute atomic E-state index is 12.4. The summed E-state index contributed by atoms with van der Waals surface area (Å²) in [5, 5.41) is 14.6. The number of rotatable bonds is 1. The van der Waals surface area contributed by atoms with Gasteiger partial charge in [-0.1, -0.05) is 0 Å². The number of hydrogen-bond acceptors (Lipinski definition) is 4. The first kappa shape index (κ1) is 14.4. The monoisotopic (exact) mass is 303 g/mol. The zero-order valence-electron chi connectivity index (χ0n) is 12.7. The molecule has 7 heteroatoms. The van der Waals surface area contributed by atoms with Crippen molar-refractivity contribution < 1.29 is 14.5 Å². The molecule has 0 aliphatic carbocycles. The van der Waals surface area contributed by atoms with Crippen LogP contribution in [-0.4, -0.2) is 28.5 Å². The smallest absolute Gasteiger partial charge is 0.271 e. The molecule has 116 valence electrons. The zero-order chi connectivity index (χ0) is 16.1. The fraction of sp³-hybridized carbons (Fsp3) is 0.400. The SMILES string of the molecule is CC(C)(C)n1c2c(c3ccc([N+](=O)[O-])cc31)OCCNC2=O. The number of benzene rings is 1. The molecule has 1 aromatic heterocycles. The average molecular weight is 303 g/mol. The lowest BCUT2D eigenvalue weighted by Crippen LogP contribution is -2.31. The van der Waals surface area contributed by atoms with Crippen LogP contribution in [0.3, 0.4) is 0 Å². The first-order chi connectivity index (χ1) is 10.3. The molecule has 1 aliphatic heterocycles. The first-order valence-corrected chi connectivity index (χ1v) is 7.05. The number of hydrogen-bond donors (Lipinski definition) is 1. The highest BCUT2D eigenvalue weighted by Gasteiger charge is 2.31. The maximum Gasteiger partial charge on any atom is 0.271 e. The van der Waals surface area contributed by atoms with Crippen molar-refractivity contribution in [2.45, 2.75) is 26.3 Å². The number of aromatic nitrogens is 1. The molecule has 2 heterocycles. The van der Waals surface area contributed by atoms with Crippen LogP contribution < -0.4 is 10.1 Å². The molecule has 1 aromatic carbocycles. The van der Waals surface area contributed by atoms with E-state index >= 15 is 0 Å². The number of nitro groups is 1. The van der Waals surface area contributed by atoms with Crippen LogP contribution in [-0.2, 0) is 5.54 Å². The number of nitrogens with one attached hydrogen (secondary N) is 1. The van der Waals surface area contributed by atoms with E-state index in [2.05, 4.69) is 5.32 Å². The molecule has 0 atom stereocenters. The fourth-order valence-corrected chi connectivity index (χ4v) is 2.81. The summed E-state index contributed by atoms with van der Waals surface area (Å²) in [6.45, 7) is 6.66. The topological polar surface area (TPSA) is 86.4 Å². The highest BCUT2D eigenvalue weighted by molar-refractivity contribution is 6.05. The molecule has 3 rings (SSSR count). The van der Waals surface area contributed by atoms with E-state index in [-0.39, 0.29) is 11.6 Å². The predicted octanol–water partition coefficient (Wildman–Crippen LogP) is 2.43. The van der Waals surface area contributed by atoms with Crippen molar-refractivity contribution >= 4 is 22.5 Å². The Morgan fingerprint density at radius 2 is 2.09 bits per heavy atom. The Morgan fingerprint density at radius 1 is 1.36 bits per heavy atom. The summed E-state index contributed by atoms with van der Waals surface area (Å²) in [5.74, 6) is 0.274. The van der Waals surface area contributed by atoms with Gasteiger partial charge in [-0.25, -0.2) is 0 Å². The van der Waals surface area contributed by atoms with Gasteiger partial charge in [0.2, 0.25) is 0 Å². The summed E-state index contributed by atoms with van der Waals surface area (Å²) in [6, 6.07) is 4.57. The van der Waals surface area contributed by atoms with Crippen LogP contribution in [0, 0.1) is 10.1 Å². The van der Waals surface area contributed by atoms with Gasteiger partial charge in [0, 0.05) is 23.1 Å². The van der Waals surface area contributed by atoms with E-state index < -0.39 is 10.5 Å². The number of amides is 1. The van der Waals surface area contributed by atoms with Gasteiger partial charge in [-0.2, -0.15) is 0 Å². The van der Waals surface area contributed by atoms with Gasteiger partial charge in [-0.15, -0.1) is 0 Å². The third-order valence-corrected chi connectivity index (χ3v) is 3.64. The minimum Gasteiger partial charge on any atom is -0.489 e. The Labute approximate surface area is 127 Å². The Kier molecular flexibility index (Phi) is 3.09. The highest BCUT2D eigenvalue weighted by atomic mass is 16.6. The molecule has 2 aromatic rings. The Balaban J connectivity index is 2.42. The van der Waals surface area contributed by atoms with Crippen molar-refractivity contribution in [3.8, 4) is 5.75 Å². The molecule has 0 spiro atoms. The van der Waals surface area contributed by atoms with Crippen LogP contribution in [0.4, 0.5) is 5.69 Å². The van der Waals surface area contributed by atoms with Gasteiger partial charge in [0.05, 0.1) is 17.0 Å². The molecule has 22 heavy (non-hydrogen) atoms. The number of ether oxygens (including phenoxy) is 1. The van der Waals surface area contributed by atoms with Crippen molar-refractivity contribution in [3.63, 3.8) is 0 Å². The summed E-state index contributed by atoms with van der Waals surface area (Å²) < 4.78 is 7.55. The molecule has 0 unspecified atom stereocenters. The van der Waals surface area contributed by atoms with Gasteiger partial charge in [0.25, 0.3) is 11.6 Å². The van der Waals surface area contributed by atoms with Gasteiger partial charge in [-0.05, 0) is 26.8 Å². The minimum atomic E-state index is -0.439. The van der Waals surface area contributed by atoms with E-state index in [1.807, 2.05) is 25.3 Å². The third kappa shape index (κ3) is 2.09. The molecular weight excluding hydrogens is 286 g/mol. The Bertz CT molecular complexity index is 786. The molecule has 7 nitrogen and oxygen atoms in total. The summed E-state index contributed by atoms with van der Waals surface area (Å²) in [5.41, 5.74) is 0.613. The van der Waals surface area contributed by atoms with Crippen LogP contribution in [0.25, 0.3) is 10.9 Å². The summed E-state index contributed by atoms with van der Waals surface area (Å²) in [7, 11) is 0. The minimum absolute atomic E-state index is 0.00827. The van der Waals surface area contributed by atoms with E-state index in [1.54, 1.807) is 6.07 Å². The second kappa shape index (κ2) is 4.72. The lowest BCUT2D eigenvalue weighted by Gasteiger charge is -2.25. The molecular formula is C15H17N3O4. The second-order valence-electron chi connectivity index (χ2n) is 6.25. The van der Waals surface area contributed by atoms with E-state index in [4.69, 9.17) is 4.74 Å². The maximum atomic E-state index is 12.4. The van der Waals surface area contributed by atoms with Crippen molar-refractivity contribution in [2.75, 3.05) is 13.2 Å². The van der Waals surface area contributed by atoms with Crippen LogP contribution in [0.5, 0.6) is 5.75 Å². The number of fused-ring (bicyclic) bond motifs is 3. The largest absolute Gasteiger partial charge is 0.489 e. The number of carbonyl (C=O) groups is 1. The van der Waals surface area contributed by atoms with E-state index in [9.17, 15) is 14.9 Å². The molecule has 1 N–H and O–H groups in total. The molecule has 0 saturated carbocycles. The number of nitro benzene ring substituents is 1. The predicted molar refractivity (Wildman–Crippen MR) is 81.4 cm³/mol. The van der Waals surface area contributed by atoms with Crippen LogP contribution in [0.15, 0.2) is 18.2 Å². The third-order valence-electron chi connectivity index (χ3n) is 3.64. The molecule has 0 bridgehead atoms. The lowest BCUT2D eigenvalue weighted by molar-refractivity contribution is -0.384. The van der Waals surface area contributed by atoms with Gasteiger partial charge >= 0.3 is 0 Å². The second-order valence-corrected chi connectivity index (χ2v) is 6.25. The molecule has 0 radical (unpaired) electrons. The lowest BCUT2D eigenvalue weighted by atomic mass is 10.1. The standard InChI is InChI=1S/C15H17N3O4/c1-15(2,3)17-11-8-9(18(20)21)4-5-10(11)13-12(17)14(19)16-6-7-22-13/h4-5,8H,6-7H2,1-3H3,(H,16,19). The fourth-order valence-electron chi connectivity index (χ4n) is 2.81. The van der Waals surface area contributed by atoms with Gasteiger partial charge in [-0.3, -0.25) is 14.9 Å². The highest BCUT2D eigenvalue weighted by Crippen LogP contribution is 2.39. The van der Waals surface area contributed by atoms with Crippen LogP contribution in [0.1, 0.15) is 31.3 Å². The van der Waals surface area contributed by atoms with Crippen molar-refractivity contribution in [1.29, 1.82) is 0 Å². The Hall–Kier alpha value is -2.57. The van der Waals surface area contributed by atoms with Gasteiger partial charge in [0.1, 0.15) is 6.61 Å². The zero-order valence-corrected chi connectivity index (χ0v) is 12.7. The van der Waals surface area contributed by atoms with E-state index in [0.717, 1.165) is 0 Å². The summed E-state index contributed by atoms with van der Waals surface area (Å²) in [6.07, 6.45) is 0. The Morgan fingerprint density at radius 3 is 2.73 bits per heavy atom. The molecule has 1 aliphatic rings. The molecule has 1 amide bonds. The van der Waals surface area contributed by atoms with Crippen molar-refractivity contribution in [2.24, 2.45) is 0 Å². The normalized spacial score (nSPS) is 15.0. The summed E-state index contributed by atoms with van der Waals surface area (Å²) in [4.78, 5) is 23.0. The van der Waals surface area contributed by atoms with Crippen molar-refractivity contribution in [3.05, 3.63) is 34.0 Å². The van der Waals surface area contributed by atoms with E-state index in [0.29, 0.717) is 35.5 Å². The van der Waals surface area contributed by atoms with Crippen molar-refractivity contribution in [1.82, 2.24) is 9.88 Å². The number of carbonyl (C=O) groups excluding carboxylic acids is 1. The summed E-state index contributed by atoms with van der Waals surface area (Å²) >= 11 is 0. The van der Waals surface area contributed by atoms with Crippen LogP contribution in [0.2, 0.25) is 0 Å². The van der Waals surface area contributed by atoms with Crippen LogP contribution >= 0.6 is 0 Å². The molecule has 0 fully saturated rings. The quantitative estimate of drug-likeness (QED) is 0.647. The van der Waals surface area contributed by atoms with E-state index in [1.165, 1.54) is 12.1 Å².